The lowest BCUT2D eigenvalue weighted by molar-refractivity contribution is 0.0743. The van der Waals surface area contributed by atoms with Crippen LogP contribution in [0.1, 0.15) is 92.4 Å². The van der Waals surface area contributed by atoms with E-state index in [4.69, 9.17) is 56.6 Å². The molecule has 0 unspecified atom stereocenters. The molecule has 358 valence electrons. The number of nitrogens with zero attached hydrogens (tertiary/aromatic N) is 5. The van der Waals surface area contributed by atoms with Gasteiger partial charge in [0, 0.05) is 66.2 Å². The Bertz CT molecular complexity index is 3120. The van der Waals surface area contributed by atoms with Crippen LogP contribution in [0.25, 0.3) is 34.7 Å². The summed E-state index contributed by atoms with van der Waals surface area (Å²) in [4.78, 5) is 26.9. The Kier molecular flexibility index (Phi) is 16.7. The van der Waals surface area contributed by atoms with Gasteiger partial charge in [0.15, 0.2) is 11.4 Å². The third kappa shape index (κ3) is 11.8. The van der Waals surface area contributed by atoms with Gasteiger partial charge in [-0.15, -0.1) is 0 Å². The standard InChI is InChI=1S/C28H22BrCl2N3OS.C25H23BrCl2N4OS/c1-17(19-5-3-2-4-6-19)32-28(35)26-23-16-36-15-20(13-18-7-9-21(29)10-8-18)27(23)34(33-26)25-12-11-22(30)14-24(25)31;26-18-6-4-16(5-7-18)12-17-14-34-15-20-23(25(33)30-31-10-2-1-3-11-31)29-32(24(17)20)22-9-8-19(27)13-21(22)28/h2-14,17H,15-16H2,1H3,(H,32,35);4-9,12-13H,1-3,10-11,14-15H2,(H,30,33)/b20-13+;17-12+/t17-;/m1./s1. The van der Waals surface area contributed by atoms with Crippen molar-refractivity contribution in [2.24, 2.45) is 0 Å². The molecule has 0 saturated carbocycles. The Hall–Kier alpha value is -4.28. The van der Waals surface area contributed by atoms with Gasteiger partial charge in [-0.1, -0.05) is 139 Å². The number of hydrogen-bond donors (Lipinski definition) is 2. The molecule has 2 N–H and O–H groups in total. The van der Waals surface area contributed by atoms with E-state index in [-0.39, 0.29) is 17.9 Å². The third-order valence-corrected chi connectivity index (χ3v) is 16.1. The largest absolute Gasteiger partial charge is 0.344 e. The van der Waals surface area contributed by atoms with Gasteiger partial charge in [0.25, 0.3) is 11.8 Å². The molecular weight excluding hydrogens is 1130 g/mol. The Morgan fingerprint density at radius 1 is 0.614 bits per heavy atom. The van der Waals surface area contributed by atoms with Gasteiger partial charge in [0.1, 0.15) is 0 Å². The van der Waals surface area contributed by atoms with Crippen molar-refractivity contribution in [2.45, 2.75) is 43.7 Å². The average Bonchev–Trinajstić information content (AvgIpc) is 3.95. The maximum absolute atomic E-state index is 13.5. The van der Waals surface area contributed by atoms with E-state index in [1.807, 2.05) is 83.3 Å². The Morgan fingerprint density at radius 3 is 1.56 bits per heavy atom. The number of nitrogens with one attached hydrogen (secondary N) is 2. The molecular formula is C53H45Br2Cl4N7O2S2. The number of hydrazine groups is 1. The van der Waals surface area contributed by atoms with E-state index in [1.54, 1.807) is 52.5 Å². The zero-order valence-corrected chi connectivity index (χ0v) is 45.5. The van der Waals surface area contributed by atoms with Gasteiger partial charge in [-0.05, 0) is 120 Å². The normalized spacial score (nSPS) is 16.2. The fourth-order valence-corrected chi connectivity index (χ4v) is 12.1. The van der Waals surface area contributed by atoms with Gasteiger partial charge < -0.3 is 5.32 Å². The molecule has 0 spiro atoms. The first-order valence-electron chi connectivity index (χ1n) is 22.5. The molecule has 5 aromatic carbocycles. The first-order chi connectivity index (χ1) is 33.9. The van der Waals surface area contributed by atoms with Crippen molar-refractivity contribution in [3.05, 3.63) is 195 Å². The lowest BCUT2D eigenvalue weighted by atomic mass is 10.0. The maximum Gasteiger partial charge on any atom is 0.286 e. The molecule has 1 atom stereocenters. The second-order valence-electron chi connectivity index (χ2n) is 16.9. The molecule has 0 aliphatic carbocycles. The summed E-state index contributed by atoms with van der Waals surface area (Å²) in [6, 6.07) is 36.7. The van der Waals surface area contributed by atoms with E-state index < -0.39 is 0 Å². The predicted octanol–water partition coefficient (Wildman–Crippen LogP) is 15.1. The number of piperidine rings is 1. The van der Waals surface area contributed by atoms with Crippen LogP contribution in [-0.4, -0.2) is 61.0 Å². The topological polar surface area (TPSA) is 97.1 Å². The number of halogens is 6. The number of amides is 2. The number of carbonyl (C=O) groups is 2. The fourth-order valence-electron chi connectivity index (χ4n) is 8.55. The lowest BCUT2D eigenvalue weighted by Crippen LogP contribution is -2.45. The zero-order chi connectivity index (χ0) is 48.9. The van der Waals surface area contributed by atoms with Crippen LogP contribution in [0.3, 0.4) is 0 Å². The van der Waals surface area contributed by atoms with Crippen LogP contribution < -0.4 is 10.7 Å². The molecule has 17 heteroatoms. The molecule has 2 aromatic heterocycles. The van der Waals surface area contributed by atoms with Gasteiger partial charge in [-0.3, -0.25) is 15.0 Å². The molecule has 0 radical (unpaired) electrons. The number of fused-ring (bicyclic) bond motifs is 2. The highest BCUT2D eigenvalue weighted by molar-refractivity contribution is 9.10. The van der Waals surface area contributed by atoms with E-state index >= 15 is 0 Å². The van der Waals surface area contributed by atoms with Crippen LogP contribution in [0, 0.1) is 0 Å². The molecule has 10 rings (SSSR count). The monoisotopic (exact) mass is 1170 g/mol. The summed E-state index contributed by atoms with van der Waals surface area (Å²) in [7, 11) is 0. The zero-order valence-electron chi connectivity index (χ0n) is 37.7. The highest BCUT2D eigenvalue weighted by Gasteiger charge is 2.32. The van der Waals surface area contributed by atoms with Crippen LogP contribution >= 0.6 is 102 Å². The predicted molar refractivity (Wildman–Crippen MR) is 299 cm³/mol. The van der Waals surface area contributed by atoms with Crippen LogP contribution in [0.4, 0.5) is 0 Å². The van der Waals surface area contributed by atoms with E-state index in [9.17, 15) is 9.59 Å². The molecule has 1 fully saturated rings. The highest BCUT2D eigenvalue weighted by atomic mass is 79.9. The van der Waals surface area contributed by atoms with Gasteiger partial charge in [-0.25, -0.2) is 14.4 Å². The summed E-state index contributed by atoms with van der Waals surface area (Å²) in [6.45, 7) is 3.70. The van der Waals surface area contributed by atoms with Crippen LogP contribution in [0.2, 0.25) is 20.1 Å². The van der Waals surface area contributed by atoms with E-state index in [2.05, 4.69) is 79.0 Å². The fraction of sp³-hybridized carbons (Fsp3) is 0.208. The van der Waals surface area contributed by atoms with Crippen molar-refractivity contribution in [2.75, 3.05) is 24.6 Å². The molecule has 3 aliphatic rings. The van der Waals surface area contributed by atoms with Gasteiger partial charge in [0.2, 0.25) is 0 Å². The second kappa shape index (κ2) is 23.1. The maximum atomic E-state index is 13.5. The average molecular weight is 1180 g/mol. The van der Waals surface area contributed by atoms with Crippen molar-refractivity contribution in [1.82, 2.24) is 35.3 Å². The SMILES string of the molecule is C[C@@H](NC(=O)c1nn(-c2ccc(Cl)cc2Cl)c2c1CSC/C2=C\c1ccc(Br)cc1)c1ccccc1.O=C(NN1CCCCC1)c1nn(-c2ccc(Cl)cc2Cl)c2c1CSC/C2=C\c1ccc(Br)cc1. The van der Waals surface area contributed by atoms with Crippen molar-refractivity contribution >= 4 is 137 Å². The molecule has 9 nitrogen and oxygen atoms in total. The summed E-state index contributed by atoms with van der Waals surface area (Å²) in [5, 5.41) is 16.8. The Morgan fingerprint density at radius 2 is 1.09 bits per heavy atom. The highest BCUT2D eigenvalue weighted by Crippen LogP contribution is 2.41. The van der Waals surface area contributed by atoms with Gasteiger partial charge in [0.05, 0.1) is 38.8 Å². The summed E-state index contributed by atoms with van der Waals surface area (Å²) in [5.74, 6) is 2.61. The van der Waals surface area contributed by atoms with E-state index in [0.717, 1.165) is 96.7 Å². The Labute approximate surface area is 452 Å². The summed E-state index contributed by atoms with van der Waals surface area (Å²) >= 11 is 36.1. The van der Waals surface area contributed by atoms with Crippen LogP contribution in [-0.2, 0) is 11.5 Å². The number of carbonyl (C=O) groups excluding carboxylic acids is 2. The number of aromatic nitrogens is 4. The smallest absolute Gasteiger partial charge is 0.286 e. The van der Waals surface area contributed by atoms with Gasteiger partial charge >= 0.3 is 0 Å². The minimum absolute atomic E-state index is 0.160. The third-order valence-electron chi connectivity index (χ3n) is 12.0. The van der Waals surface area contributed by atoms with Crippen molar-refractivity contribution in [1.29, 1.82) is 0 Å². The molecule has 70 heavy (non-hydrogen) atoms. The molecule has 2 amide bonds. The number of thioether (sulfide) groups is 2. The number of benzene rings is 5. The molecule has 1 saturated heterocycles. The molecule has 0 bridgehead atoms. The minimum Gasteiger partial charge on any atom is -0.344 e. The number of rotatable bonds is 9. The van der Waals surface area contributed by atoms with Crippen molar-refractivity contribution in [3.63, 3.8) is 0 Å². The van der Waals surface area contributed by atoms with E-state index in [0.29, 0.717) is 54.4 Å². The molecule has 3 aliphatic heterocycles. The minimum atomic E-state index is -0.211. The quantitative estimate of drug-likeness (QED) is 0.149. The van der Waals surface area contributed by atoms with Crippen LogP contribution in [0.15, 0.2) is 124 Å². The van der Waals surface area contributed by atoms with Crippen molar-refractivity contribution in [3.8, 4) is 11.4 Å². The summed E-state index contributed by atoms with van der Waals surface area (Å²) in [6.07, 6.45) is 7.68. The Balaban J connectivity index is 0.000000174. The lowest BCUT2D eigenvalue weighted by Gasteiger charge is -2.26. The molecule has 5 heterocycles. The first-order valence-corrected chi connectivity index (χ1v) is 28.0. The molecule has 7 aromatic rings. The van der Waals surface area contributed by atoms with Gasteiger partial charge in [-0.2, -0.15) is 33.7 Å². The first kappa shape index (κ1) is 50.7. The number of hydrogen-bond acceptors (Lipinski definition) is 7. The van der Waals surface area contributed by atoms with Crippen molar-refractivity contribution < 1.29 is 9.59 Å². The second-order valence-corrected chi connectivity index (χ2v) is 22.4. The van der Waals surface area contributed by atoms with E-state index in [1.165, 1.54) is 6.42 Å². The summed E-state index contributed by atoms with van der Waals surface area (Å²) in [5.41, 5.74) is 14.3. The van der Waals surface area contributed by atoms with Crippen LogP contribution in [0.5, 0.6) is 0 Å². The summed E-state index contributed by atoms with van der Waals surface area (Å²) < 4.78 is 5.65.